The van der Waals surface area contributed by atoms with E-state index in [2.05, 4.69) is 10.3 Å². The number of benzene rings is 2. The Kier molecular flexibility index (Phi) is 5.15. The lowest BCUT2D eigenvalue weighted by Gasteiger charge is -1.99. The topological polar surface area (TPSA) is 85.1 Å². The van der Waals surface area contributed by atoms with E-state index >= 15 is 0 Å². The summed E-state index contributed by atoms with van der Waals surface area (Å²) in [7, 11) is 0. The number of amides is 1. The predicted molar refractivity (Wildman–Crippen MR) is 98.5 cm³/mol. The molecule has 0 bridgehead atoms. The number of thiazole rings is 1. The Balaban J connectivity index is 1.52. The Morgan fingerprint density at radius 3 is 2.88 bits per heavy atom. The highest BCUT2D eigenvalue weighted by Gasteiger charge is 2.05. The number of aromatic nitrogens is 1. The van der Waals surface area contributed by atoms with Crippen molar-refractivity contribution in [2.45, 2.75) is 6.42 Å². The summed E-state index contributed by atoms with van der Waals surface area (Å²) in [6.07, 6.45) is 3.59. The number of carbonyl (C=O) groups excluding carboxylic acids is 1. The van der Waals surface area contributed by atoms with Crippen LogP contribution in [0.25, 0.3) is 16.3 Å². The van der Waals surface area contributed by atoms with Gasteiger partial charge >= 0.3 is 0 Å². The molecule has 2 aromatic carbocycles. The molecule has 1 heterocycles. The fourth-order valence-electron chi connectivity index (χ4n) is 2.29. The van der Waals surface area contributed by atoms with Crippen molar-refractivity contribution >= 4 is 39.2 Å². The van der Waals surface area contributed by atoms with Gasteiger partial charge in [0, 0.05) is 31.2 Å². The zero-order valence-electron chi connectivity index (χ0n) is 13.2. The lowest BCUT2D eigenvalue weighted by Crippen LogP contribution is -2.23. The van der Waals surface area contributed by atoms with Gasteiger partial charge in [-0.1, -0.05) is 24.3 Å². The van der Waals surface area contributed by atoms with Gasteiger partial charge in [-0.15, -0.1) is 11.3 Å². The van der Waals surface area contributed by atoms with E-state index < -0.39 is 4.92 Å². The summed E-state index contributed by atoms with van der Waals surface area (Å²) in [6.45, 7) is 0.484. The number of nitro benzene ring substituents is 1. The van der Waals surface area contributed by atoms with E-state index in [1.165, 1.54) is 18.2 Å². The van der Waals surface area contributed by atoms with Gasteiger partial charge in [0.1, 0.15) is 0 Å². The van der Waals surface area contributed by atoms with Gasteiger partial charge in [-0.05, 0) is 23.8 Å². The molecule has 0 aliphatic heterocycles. The molecule has 0 aliphatic carbocycles. The maximum Gasteiger partial charge on any atom is 0.270 e. The molecule has 1 amide bonds. The first-order valence-electron chi connectivity index (χ1n) is 7.66. The molecule has 0 unspecified atom stereocenters. The molecule has 0 atom stereocenters. The van der Waals surface area contributed by atoms with E-state index in [0.29, 0.717) is 18.5 Å². The minimum atomic E-state index is -0.463. The van der Waals surface area contributed by atoms with Gasteiger partial charge in [0.15, 0.2) is 0 Å². The van der Waals surface area contributed by atoms with Gasteiger partial charge in [-0.3, -0.25) is 14.9 Å². The third-order valence-electron chi connectivity index (χ3n) is 3.48. The van der Waals surface area contributed by atoms with Crippen molar-refractivity contribution in [3.05, 3.63) is 75.3 Å². The van der Waals surface area contributed by atoms with Gasteiger partial charge in [-0.25, -0.2) is 4.98 Å². The van der Waals surface area contributed by atoms with Crippen molar-refractivity contribution in [2.24, 2.45) is 0 Å². The lowest BCUT2D eigenvalue weighted by atomic mass is 10.2. The fourth-order valence-corrected chi connectivity index (χ4v) is 3.26. The van der Waals surface area contributed by atoms with E-state index in [-0.39, 0.29) is 11.6 Å². The summed E-state index contributed by atoms with van der Waals surface area (Å²) in [5.41, 5.74) is 1.58. The van der Waals surface area contributed by atoms with Gasteiger partial charge in [-0.2, -0.15) is 0 Å². The third kappa shape index (κ3) is 4.48. The van der Waals surface area contributed by atoms with Crippen LogP contribution in [0.15, 0.2) is 54.6 Å². The molecule has 0 fully saturated rings. The van der Waals surface area contributed by atoms with Gasteiger partial charge in [0.2, 0.25) is 5.91 Å². The number of nitrogens with one attached hydrogen (secondary N) is 1. The van der Waals surface area contributed by atoms with Crippen LogP contribution in [0.4, 0.5) is 5.69 Å². The number of hydrogen-bond acceptors (Lipinski definition) is 5. The van der Waals surface area contributed by atoms with Crippen molar-refractivity contribution in [2.75, 3.05) is 6.54 Å². The van der Waals surface area contributed by atoms with E-state index in [1.54, 1.807) is 29.5 Å². The molecule has 25 heavy (non-hydrogen) atoms. The molecule has 126 valence electrons. The van der Waals surface area contributed by atoms with Crippen LogP contribution in [0.2, 0.25) is 0 Å². The highest BCUT2D eigenvalue weighted by molar-refractivity contribution is 7.18. The molecule has 0 saturated heterocycles. The van der Waals surface area contributed by atoms with Crippen molar-refractivity contribution in [3.63, 3.8) is 0 Å². The normalized spacial score (nSPS) is 11.0. The first kappa shape index (κ1) is 16.8. The summed E-state index contributed by atoms with van der Waals surface area (Å²) in [5.74, 6) is -0.243. The number of fused-ring (bicyclic) bond motifs is 1. The molecule has 0 radical (unpaired) electrons. The molecular formula is C18H15N3O3S. The number of nitro groups is 1. The molecule has 0 aliphatic rings. The summed E-state index contributed by atoms with van der Waals surface area (Å²) in [5, 5.41) is 14.5. The zero-order valence-corrected chi connectivity index (χ0v) is 14.0. The van der Waals surface area contributed by atoms with Crippen LogP contribution >= 0.6 is 11.3 Å². The smallest absolute Gasteiger partial charge is 0.270 e. The highest BCUT2D eigenvalue weighted by atomic mass is 32.1. The molecule has 1 N–H and O–H groups in total. The number of carbonyl (C=O) groups is 1. The largest absolute Gasteiger partial charge is 0.352 e. The molecular weight excluding hydrogens is 338 g/mol. The second kappa shape index (κ2) is 7.67. The summed E-state index contributed by atoms with van der Waals surface area (Å²) in [4.78, 5) is 26.6. The van der Waals surface area contributed by atoms with E-state index in [4.69, 9.17) is 0 Å². The molecule has 6 nitrogen and oxygen atoms in total. The van der Waals surface area contributed by atoms with Crippen molar-refractivity contribution in [3.8, 4) is 0 Å². The second-order valence-electron chi connectivity index (χ2n) is 5.30. The number of rotatable bonds is 6. The van der Waals surface area contributed by atoms with Crippen LogP contribution in [-0.4, -0.2) is 22.4 Å². The van der Waals surface area contributed by atoms with Crippen LogP contribution in [-0.2, 0) is 11.2 Å². The molecule has 1 aromatic heterocycles. The first-order valence-corrected chi connectivity index (χ1v) is 8.48. The SMILES string of the molecule is O=C(/C=C/c1cccc([N+](=O)[O-])c1)NCCc1nc2ccccc2s1. The Labute approximate surface area is 148 Å². The van der Waals surface area contributed by atoms with Crippen LogP contribution in [0.5, 0.6) is 0 Å². The number of nitrogens with zero attached hydrogens (tertiary/aromatic N) is 2. The Morgan fingerprint density at radius 1 is 1.24 bits per heavy atom. The van der Waals surface area contributed by atoms with Gasteiger partial charge in [0.25, 0.3) is 5.69 Å². The third-order valence-corrected chi connectivity index (χ3v) is 4.58. The average Bonchev–Trinajstić information content (AvgIpc) is 3.03. The molecule has 3 rings (SSSR count). The van der Waals surface area contributed by atoms with Crippen LogP contribution < -0.4 is 5.32 Å². The lowest BCUT2D eigenvalue weighted by molar-refractivity contribution is -0.384. The summed E-state index contributed by atoms with van der Waals surface area (Å²) < 4.78 is 1.13. The minimum absolute atomic E-state index is 0.00149. The molecule has 7 heteroatoms. The Morgan fingerprint density at radius 2 is 2.08 bits per heavy atom. The zero-order chi connectivity index (χ0) is 17.6. The minimum Gasteiger partial charge on any atom is -0.352 e. The number of non-ortho nitro benzene ring substituents is 1. The van der Waals surface area contributed by atoms with Crippen LogP contribution in [0.3, 0.4) is 0 Å². The van der Waals surface area contributed by atoms with Crippen LogP contribution in [0, 0.1) is 10.1 Å². The van der Waals surface area contributed by atoms with Gasteiger partial charge < -0.3 is 5.32 Å². The van der Waals surface area contributed by atoms with Crippen LogP contribution in [0.1, 0.15) is 10.6 Å². The number of hydrogen-bond donors (Lipinski definition) is 1. The standard InChI is InChI=1S/C18H15N3O3S/c22-17(9-8-13-4-3-5-14(12-13)21(23)24)19-11-10-18-20-15-6-1-2-7-16(15)25-18/h1-9,12H,10-11H2,(H,19,22)/b9-8+. The maximum atomic E-state index is 11.8. The van der Waals surface area contributed by atoms with E-state index in [1.807, 2.05) is 24.3 Å². The summed E-state index contributed by atoms with van der Waals surface area (Å²) >= 11 is 1.62. The fraction of sp³-hybridized carbons (Fsp3) is 0.111. The monoisotopic (exact) mass is 353 g/mol. The average molecular weight is 353 g/mol. The predicted octanol–water partition coefficient (Wildman–Crippen LogP) is 3.58. The second-order valence-corrected chi connectivity index (χ2v) is 6.42. The molecule has 0 spiro atoms. The van der Waals surface area contributed by atoms with Crippen molar-refractivity contribution < 1.29 is 9.72 Å². The van der Waals surface area contributed by atoms with E-state index in [9.17, 15) is 14.9 Å². The summed E-state index contributed by atoms with van der Waals surface area (Å²) in [6, 6.07) is 14.0. The van der Waals surface area contributed by atoms with Crippen molar-refractivity contribution in [1.29, 1.82) is 0 Å². The maximum absolute atomic E-state index is 11.8. The van der Waals surface area contributed by atoms with Gasteiger partial charge in [0.05, 0.1) is 20.1 Å². The molecule has 3 aromatic rings. The highest BCUT2D eigenvalue weighted by Crippen LogP contribution is 2.21. The van der Waals surface area contributed by atoms with E-state index in [0.717, 1.165) is 15.2 Å². The Bertz CT molecular complexity index is 916. The van der Waals surface area contributed by atoms with Crippen molar-refractivity contribution in [1.82, 2.24) is 10.3 Å². The first-order chi connectivity index (χ1) is 12.1. The number of para-hydroxylation sites is 1. The quantitative estimate of drug-likeness (QED) is 0.417. The Hall–Kier alpha value is -3.06. The molecule has 0 saturated carbocycles.